The predicted octanol–water partition coefficient (Wildman–Crippen LogP) is -1.92. The second-order valence-corrected chi connectivity index (χ2v) is 1.62. The van der Waals surface area contributed by atoms with Crippen LogP contribution in [0.2, 0.25) is 0 Å². The fourth-order valence-electron chi connectivity index (χ4n) is 0.258. The normalized spacial score (nSPS) is 8.77. The van der Waals surface area contributed by atoms with E-state index in [4.69, 9.17) is 10.8 Å². The maximum Gasteiger partial charge on any atom is 0.557 e. The Labute approximate surface area is 72.1 Å². The highest BCUT2D eigenvalue weighted by Crippen LogP contribution is 1.87. The highest BCUT2D eigenvalue weighted by molar-refractivity contribution is 5.83. The van der Waals surface area contributed by atoms with Gasteiger partial charge in [-0.25, -0.2) is 14.6 Å². The number of hydrogen-bond acceptors (Lipinski definition) is 8. The Morgan fingerprint density at radius 1 is 1.15 bits per heavy atom. The van der Waals surface area contributed by atoms with Gasteiger partial charge in [-0.15, -0.1) is 0 Å². The highest BCUT2D eigenvalue weighted by atomic mass is 17.2. The summed E-state index contributed by atoms with van der Waals surface area (Å²) in [7, 11) is 0. The molecule has 0 saturated carbocycles. The number of carbonyl (C=O) groups excluding carboxylic acids is 3. The maximum absolute atomic E-state index is 10.4. The number of carbonyl (C=O) groups is 3. The largest absolute Gasteiger partial charge is 0.557 e. The number of rotatable bonds is 2. The van der Waals surface area contributed by atoms with Crippen LogP contribution in [0.15, 0.2) is 0 Å². The number of aliphatic hydroxyl groups is 1. The van der Waals surface area contributed by atoms with Crippen molar-refractivity contribution in [3.05, 3.63) is 0 Å². The molecule has 0 spiro atoms. The van der Waals surface area contributed by atoms with Gasteiger partial charge in [0.15, 0.2) is 0 Å². The molecule has 0 aromatic heterocycles. The van der Waals surface area contributed by atoms with E-state index in [9.17, 15) is 14.4 Å². The van der Waals surface area contributed by atoms with Crippen LogP contribution in [0.5, 0.6) is 0 Å². The molecule has 74 valence electrons. The minimum Gasteiger partial charge on any atom is -0.384 e. The first kappa shape index (κ1) is 11.3. The summed E-state index contributed by atoms with van der Waals surface area (Å²) in [6.07, 6.45) is -1.53. The standard InChI is InChI=1S/C5H7NO7/c6-1-3(8)11-5(10)13-12-4(9)2-7/h7H,1-2,6H2. The van der Waals surface area contributed by atoms with Crippen molar-refractivity contribution in [2.24, 2.45) is 5.73 Å². The lowest BCUT2D eigenvalue weighted by molar-refractivity contribution is -0.244. The average Bonchev–Trinajstić information content (AvgIpc) is 2.13. The van der Waals surface area contributed by atoms with E-state index in [1.807, 2.05) is 0 Å². The second-order valence-electron chi connectivity index (χ2n) is 1.62. The first-order valence-corrected chi connectivity index (χ1v) is 3.03. The van der Waals surface area contributed by atoms with Crippen molar-refractivity contribution in [3.63, 3.8) is 0 Å². The molecule has 0 amide bonds. The van der Waals surface area contributed by atoms with Gasteiger partial charge in [-0.3, -0.25) is 4.79 Å². The van der Waals surface area contributed by atoms with Gasteiger partial charge in [0.05, 0.1) is 6.54 Å². The summed E-state index contributed by atoms with van der Waals surface area (Å²) in [6, 6.07) is 0. The number of esters is 1. The van der Waals surface area contributed by atoms with Crippen LogP contribution in [0.25, 0.3) is 0 Å². The van der Waals surface area contributed by atoms with E-state index < -0.39 is 31.2 Å². The van der Waals surface area contributed by atoms with Gasteiger partial charge in [-0.2, -0.15) is 4.79 Å². The Kier molecular flexibility index (Phi) is 5.15. The number of nitrogens with two attached hydrogens (primary N) is 1. The highest BCUT2D eigenvalue weighted by Gasteiger charge is 2.13. The van der Waals surface area contributed by atoms with Crippen LogP contribution >= 0.6 is 0 Å². The molecular formula is C5H7NO7. The van der Waals surface area contributed by atoms with Crippen LogP contribution in [0, 0.1) is 0 Å². The monoisotopic (exact) mass is 193 g/mol. The van der Waals surface area contributed by atoms with Crippen molar-refractivity contribution >= 4 is 18.1 Å². The van der Waals surface area contributed by atoms with Gasteiger partial charge in [-0.05, 0) is 0 Å². The zero-order valence-electron chi connectivity index (χ0n) is 6.39. The van der Waals surface area contributed by atoms with E-state index in [0.29, 0.717) is 0 Å². The summed E-state index contributed by atoms with van der Waals surface area (Å²) < 4.78 is 3.81. The lowest BCUT2D eigenvalue weighted by Crippen LogP contribution is -2.22. The summed E-state index contributed by atoms with van der Waals surface area (Å²) in [6.45, 7) is -1.47. The van der Waals surface area contributed by atoms with Gasteiger partial charge < -0.3 is 15.6 Å². The minimum atomic E-state index is -1.53. The van der Waals surface area contributed by atoms with Crippen molar-refractivity contribution in [3.8, 4) is 0 Å². The molecule has 0 aliphatic rings. The lowest BCUT2D eigenvalue weighted by atomic mass is 10.7. The molecule has 0 aliphatic carbocycles. The Bertz CT molecular complexity index is 213. The topological polar surface area (TPSA) is 125 Å². The number of ether oxygens (including phenoxy) is 1. The minimum absolute atomic E-state index is 0.511. The summed E-state index contributed by atoms with van der Waals surface area (Å²) in [5.74, 6) is -2.23. The third kappa shape index (κ3) is 5.58. The van der Waals surface area contributed by atoms with Crippen molar-refractivity contribution in [2.45, 2.75) is 0 Å². The smallest absolute Gasteiger partial charge is 0.384 e. The van der Waals surface area contributed by atoms with E-state index in [2.05, 4.69) is 14.5 Å². The predicted molar refractivity (Wildman–Crippen MR) is 34.8 cm³/mol. The fraction of sp³-hybridized carbons (Fsp3) is 0.400. The Morgan fingerprint density at radius 3 is 2.23 bits per heavy atom. The van der Waals surface area contributed by atoms with Gasteiger partial charge in [0.25, 0.3) is 0 Å². The molecule has 13 heavy (non-hydrogen) atoms. The first-order chi connectivity index (χ1) is 6.10. The Morgan fingerprint density at radius 2 is 1.77 bits per heavy atom. The molecule has 0 aromatic carbocycles. The zero-order valence-corrected chi connectivity index (χ0v) is 6.39. The van der Waals surface area contributed by atoms with Gasteiger partial charge >= 0.3 is 18.1 Å². The van der Waals surface area contributed by atoms with Crippen molar-refractivity contribution in [1.82, 2.24) is 0 Å². The van der Waals surface area contributed by atoms with Crippen LogP contribution in [0.3, 0.4) is 0 Å². The molecule has 0 fully saturated rings. The van der Waals surface area contributed by atoms with Crippen molar-refractivity contribution in [2.75, 3.05) is 13.2 Å². The summed E-state index contributed by atoms with van der Waals surface area (Å²) in [5, 5.41) is 8.08. The maximum atomic E-state index is 10.4. The first-order valence-electron chi connectivity index (χ1n) is 3.03. The van der Waals surface area contributed by atoms with E-state index in [-0.39, 0.29) is 0 Å². The van der Waals surface area contributed by atoms with Crippen LogP contribution < -0.4 is 5.73 Å². The van der Waals surface area contributed by atoms with Gasteiger partial charge in [0, 0.05) is 0 Å². The Hall–Kier alpha value is -1.67. The fourth-order valence-corrected chi connectivity index (χ4v) is 0.258. The molecule has 0 unspecified atom stereocenters. The molecule has 0 heterocycles. The van der Waals surface area contributed by atoms with Crippen LogP contribution in [-0.4, -0.2) is 36.4 Å². The molecule has 0 atom stereocenters. The molecule has 0 bridgehead atoms. The Balaban J connectivity index is 3.63. The van der Waals surface area contributed by atoms with E-state index in [0.717, 1.165) is 0 Å². The molecule has 3 N–H and O–H groups in total. The molecule has 0 rings (SSSR count). The SMILES string of the molecule is NCC(=O)OC(=O)OOC(=O)CO. The summed E-state index contributed by atoms with van der Waals surface area (Å²) >= 11 is 0. The van der Waals surface area contributed by atoms with Crippen molar-refractivity contribution in [1.29, 1.82) is 0 Å². The van der Waals surface area contributed by atoms with Crippen molar-refractivity contribution < 1.29 is 34.0 Å². The molecular weight excluding hydrogens is 186 g/mol. The third-order valence-corrected chi connectivity index (χ3v) is 0.696. The quantitative estimate of drug-likeness (QED) is 0.225. The number of aliphatic hydroxyl groups excluding tert-OH is 1. The van der Waals surface area contributed by atoms with Gasteiger partial charge in [0.2, 0.25) is 0 Å². The molecule has 0 radical (unpaired) electrons. The van der Waals surface area contributed by atoms with Crippen LogP contribution in [0.1, 0.15) is 0 Å². The second kappa shape index (κ2) is 5.91. The van der Waals surface area contributed by atoms with Crippen LogP contribution in [-0.2, 0) is 24.1 Å². The molecule has 8 heteroatoms. The van der Waals surface area contributed by atoms with E-state index >= 15 is 0 Å². The van der Waals surface area contributed by atoms with Gasteiger partial charge in [0.1, 0.15) is 6.61 Å². The van der Waals surface area contributed by atoms with E-state index in [1.165, 1.54) is 0 Å². The van der Waals surface area contributed by atoms with Crippen LogP contribution in [0.4, 0.5) is 4.79 Å². The zero-order chi connectivity index (χ0) is 10.3. The summed E-state index contributed by atoms with van der Waals surface area (Å²) in [4.78, 5) is 38.1. The summed E-state index contributed by atoms with van der Waals surface area (Å²) in [5.41, 5.74) is 4.77. The number of hydrogen-bond donors (Lipinski definition) is 2. The van der Waals surface area contributed by atoms with E-state index in [1.54, 1.807) is 0 Å². The molecule has 0 aromatic rings. The van der Waals surface area contributed by atoms with Gasteiger partial charge in [-0.1, -0.05) is 0 Å². The molecule has 8 nitrogen and oxygen atoms in total. The molecule has 0 aliphatic heterocycles. The third-order valence-electron chi connectivity index (χ3n) is 0.696. The lowest BCUT2D eigenvalue weighted by Gasteiger charge is -2.00. The molecule has 0 saturated heterocycles. The average molecular weight is 193 g/mol.